The van der Waals surface area contributed by atoms with Crippen molar-refractivity contribution in [3.63, 3.8) is 0 Å². The molecule has 0 saturated heterocycles. The highest BCUT2D eigenvalue weighted by Crippen LogP contribution is 2.34. The summed E-state index contributed by atoms with van der Waals surface area (Å²) in [5.41, 5.74) is 2.78. The molecule has 3 aromatic rings. The Morgan fingerprint density at radius 2 is 1.73 bits per heavy atom. The van der Waals surface area contributed by atoms with E-state index >= 15 is 0 Å². The second kappa shape index (κ2) is 8.09. The Kier molecular flexibility index (Phi) is 5.62. The zero-order valence-corrected chi connectivity index (χ0v) is 15.6. The van der Waals surface area contributed by atoms with Gasteiger partial charge in [-0.25, -0.2) is 0 Å². The van der Waals surface area contributed by atoms with Gasteiger partial charge in [-0.3, -0.25) is 4.79 Å². The van der Waals surface area contributed by atoms with Crippen molar-refractivity contribution in [2.75, 3.05) is 5.32 Å². The van der Waals surface area contributed by atoms with Crippen LogP contribution in [0.15, 0.2) is 76.5 Å². The number of anilines is 1. The highest BCUT2D eigenvalue weighted by molar-refractivity contribution is 7.99. The van der Waals surface area contributed by atoms with Gasteiger partial charge < -0.3 is 5.32 Å². The number of amides is 1. The standard InChI is InChI=1S/C21H15ClN2OS/c1-14-2-9-18(10-3-14)26-20-11-4-15(13-23)12-19(20)24-21(25)16-5-7-17(22)8-6-16/h2-12H,1H3,(H,24,25). The molecular weight excluding hydrogens is 364 g/mol. The van der Waals surface area contributed by atoms with Crippen LogP contribution < -0.4 is 5.32 Å². The van der Waals surface area contributed by atoms with Gasteiger partial charge in [-0.15, -0.1) is 0 Å². The van der Waals surface area contributed by atoms with Crippen LogP contribution in [0.1, 0.15) is 21.5 Å². The second-order valence-electron chi connectivity index (χ2n) is 5.70. The van der Waals surface area contributed by atoms with E-state index in [4.69, 9.17) is 11.6 Å². The average molecular weight is 379 g/mol. The third kappa shape index (κ3) is 4.45. The number of nitrogens with zero attached hydrogens (tertiary/aromatic N) is 1. The van der Waals surface area contributed by atoms with E-state index in [1.165, 1.54) is 17.3 Å². The van der Waals surface area contributed by atoms with E-state index in [2.05, 4.69) is 11.4 Å². The fourth-order valence-corrected chi connectivity index (χ4v) is 3.32. The minimum Gasteiger partial charge on any atom is -0.321 e. The van der Waals surface area contributed by atoms with Crippen LogP contribution in [0.5, 0.6) is 0 Å². The highest BCUT2D eigenvalue weighted by atomic mass is 35.5. The molecule has 0 heterocycles. The van der Waals surface area contributed by atoms with Gasteiger partial charge in [0.15, 0.2) is 0 Å². The lowest BCUT2D eigenvalue weighted by Gasteiger charge is -2.12. The molecule has 0 aliphatic carbocycles. The number of halogens is 1. The van der Waals surface area contributed by atoms with Crippen molar-refractivity contribution in [1.82, 2.24) is 0 Å². The molecule has 0 unspecified atom stereocenters. The van der Waals surface area contributed by atoms with Crippen LogP contribution in [0.4, 0.5) is 5.69 Å². The maximum absolute atomic E-state index is 12.5. The first-order valence-corrected chi connectivity index (χ1v) is 9.10. The molecule has 0 aliphatic heterocycles. The molecule has 3 rings (SSSR count). The summed E-state index contributed by atoms with van der Waals surface area (Å²) in [4.78, 5) is 14.5. The van der Waals surface area contributed by atoms with Crippen molar-refractivity contribution < 1.29 is 4.79 Å². The van der Waals surface area contributed by atoms with Gasteiger partial charge in [0.2, 0.25) is 0 Å². The quantitative estimate of drug-likeness (QED) is 0.612. The molecule has 0 atom stereocenters. The Balaban J connectivity index is 1.88. The predicted molar refractivity (Wildman–Crippen MR) is 106 cm³/mol. The molecular formula is C21H15ClN2OS. The van der Waals surface area contributed by atoms with Crippen molar-refractivity contribution in [1.29, 1.82) is 5.26 Å². The molecule has 0 fully saturated rings. The number of rotatable bonds is 4. The van der Waals surface area contributed by atoms with E-state index in [-0.39, 0.29) is 5.91 Å². The number of aryl methyl sites for hydroxylation is 1. The van der Waals surface area contributed by atoms with Crippen LogP contribution in [0.2, 0.25) is 5.02 Å². The maximum atomic E-state index is 12.5. The van der Waals surface area contributed by atoms with Crippen LogP contribution in [0.3, 0.4) is 0 Å². The first kappa shape index (κ1) is 18.1. The molecule has 1 N–H and O–H groups in total. The lowest BCUT2D eigenvalue weighted by atomic mass is 10.2. The van der Waals surface area contributed by atoms with Gasteiger partial charge in [0.25, 0.3) is 5.91 Å². The highest BCUT2D eigenvalue weighted by Gasteiger charge is 2.11. The number of carbonyl (C=O) groups is 1. The van der Waals surface area contributed by atoms with E-state index in [0.29, 0.717) is 21.8 Å². The second-order valence-corrected chi connectivity index (χ2v) is 7.25. The van der Waals surface area contributed by atoms with E-state index in [9.17, 15) is 10.1 Å². The third-order valence-corrected chi connectivity index (χ3v) is 5.05. The summed E-state index contributed by atoms with van der Waals surface area (Å²) in [6, 6.07) is 22.2. The van der Waals surface area contributed by atoms with Crippen molar-refractivity contribution in [2.24, 2.45) is 0 Å². The molecule has 5 heteroatoms. The number of hydrogen-bond acceptors (Lipinski definition) is 3. The average Bonchev–Trinajstić information content (AvgIpc) is 2.65. The summed E-state index contributed by atoms with van der Waals surface area (Å²) in [6.07, 6.45) is 0. The van der Waals surface area contributed by atoms with Crippen LogP contribution >= 0.6 is 23.4 Å². The SMILES string of the molecule is Cc1ccc(Sc2ccc(C#N)cc2NC(=O)c2ccc(Cl)cc2)cc1. The molecule has 3 nitrogen and oxygen atoms in total. The summed E-state index contributed by atoms with van der Waals surface area (Å²) < 4.78 is 0. The predicted octanol–water partition coefficient (Wildman–Crippen LogP) is 5.92. The molecule has 1 amide bonds. The number of hydrogen-bond donors (Lipinski definition) is 1. The van der Waals surface area contributed by atoms with Gasteiger partial charge in [-0.05, 0) is 61.5 Å². The summed E-state index contributed by atoms with van der Waals surface area (Å²) in [5.74, 6) is -0.248. The van der Waals surface area contributed by atoms with E-state index in [1.807, 2.05) is 37.3 Å². The number of nitriles is 1. The largest absolute Gasteiger partial charge is 0.321 e. The van der Waals surface area contributed by atoms with Crippen LogP contribution in [0, 0.1) is 18.3 Å². The summed E-state index contributed by atoms with van der Waals surface area (Å²) in [6.45, 7) is 2.04. The molecule has 0 saturated carbocycles. The molecule has 3 aromatic carbocycles. The lowest BCUT2D eigenvalue weighted by molar-refractivity contribution is 0.102. The zero-order chi connectivity index (χ0) is 18.5. The topological polar surface area (TPSA) is 52.9 Å². The minimum atomic E-state index is -0.248. The monoisotopic (exact) mass is 378 g/mol. The van der Waals surface area contributed by atoms with Crippen LogP contribution in [0.25, 0.3) is 0 Å². The molecule has 0 radical (unpaired) electrons. The van der Waals surface area contributed by atoms with Gasteiger partial charge in [0.05, 0.1) is 17.3 Å². The smallest absolute Gasteiger partial charge is 0.255 e. The number of carbonyl (C=O) groups excluding carboxylic acids is 1. The Hall–Kier alpha value is -2.74. The third-order valence-electron chi connectivity index (χ3n) is 3.71. The molecule has 0 spiro atoms. The lowest BCUT2D eigenvalue weighted by Crippen LogP contribution is -2.12. The van der Waals surface area contributed by atoms with Crippen LogP contribution in [-0.4, -0.2) is 5.91 Å². The molecule has 0 aliphatic rings. The van der Waals surface area contributed by atoms with Gasteiger partial charge in [0, 0.05) is 20.4 Å². The number of benzene rings is 3. The fraction of sp³-hybridized carbons (Fsp3) is 0.0476. The van der Waals surface area contributed by atoms with E-state index in [0.717, 1.165) is 9.79 Å². The minimum absolute atomic E-state index is 0.248. The Bertz CT molecular complexity index is 976. The van der Waals surface area contributed by atoms with Crippen LogP contribution in [-0.2, 0) is 0 Å². The van der Waals surface area contributed by atoms with Crippen molar-refractivity contribution in [3.05, 3.63) is 88.4 Å². The van der Waals surface area contributed by atoms with Crippen molar-refractivity contribution in [2.45, 2.75) is 16.7 Å². The first-order chi connectivity index (χ1) is 12.5. The van der Waals surface area contributed by atoms with Crippen molar-refractivity contribution >= 4 is 35.0 Å². The zero-order valence-electron chi connectivity index (χ0n) is 14.0. The molecule has 0 aromatic heterocycles. The Morgan fingerprint density at radius 3 is 2.38 bits per heavy atom. The fourth-order valence-electron chi connectivity index (χ4n) is 2.32. The normalized spacial score (nSPS) is 10.2. The van der Waals surface area contributed by atoms with Gasteiger partial charge >= 0.3 is 0 Å². The first-order valence-electron chi connectivity index (χ1n) is 7.91. The molecule has 26 heavy (non-hydrogen) atoms. The summed E-state index contributed by atoms with van der Waals surface area (Å²) in [5, 5.41) is 12.6. The molecule has 128 valence electrons. The number of nitrogens with one attached hydrogen (secondary N) is 1. The Morgan fingerprint density at radius 1 is 1.04 bits per heavy atom. The van der Waals surface area contributed by atoms with E-state index in [1.54, 1.807) is 36.4 Å². The van der Waals surface area contributed by atoms with Gasteiger partial charge in [-0.2, -0.15) is 5.26 Å². The van der Waals surface area contributed by atoms with Gasteiger partial charge in [-0.1, -0.05) is 41.1 Å². The van der Waals surface area contributed by atoms with Crippen molar-refractivity contribution in [3.8, 4) is 6.07 Å². The molecule has 0 bridgehead atoms. The maximum Gasteiger partial charge on any atom is 0.255 e. The summed E-state index contributed by atoms with van der Waals surface area (Å²) >= 11 is 7.41. The summed E-state index contributed by atoms with van der Waals surface area (Å²) in [7, 11) is 0. The van der Waals surface area contributed by atoms with Gasteiger partial charge in [0.1, 0.15) is 0 Å². The van der Waals surface area contributed by atoms with E-state index < -0.39 is 0 Å². The Labute approximate surface area is 161 Å².